The first kappa shape index (κ1) is 26.5. The second-order valence-corrected chi connectivity index (χ2v) is 7.51. The van der Waals surface area contributed by atoms with Crippen molar-refractivity contribution in [1.82, 2.24) is 0 Å². The van der Waals surface area contributed by atoms with E-state index in [2.05, 4.69) is 101 Å². The summed E-state index contributed by atoms with van der Waals surface area (Å²) in [7, 11) is 0. The maximum atomic E-state index is 2.40. The van der Waals surface area contributed by atoms with Gasteiger partial charge in [0.05, 0.1) is 0 Å². The maximum Gasteiger partial charge on any atom is -1.00 e. The van der Waals surface area contributed by atoms with E-state index in [9.17, 15) is 0 Å². The Bertz CT molecular complexity index is 712. The molecule has 4 heteroatoms. The van der Waals surface area contributed by atoms with Crippen molar-refractivity contribution in [3.63, 3.8) is 0 Å². The summed E-state index contributed by atoms with van der Waals surface area (Å²) in [6, 6.07) is 22.2. The molecular formula is C23H25Cl3Ti. The van der Waals surface area contributed by atoms with Gasteiger partial charge in [-0.05, 0) is 0 Å². The monoisotopic (exact) mass is 454 g/mol. The summed E-state index contributed by atoms with van der Waals surface area (Å²) in [5, 5.41) is 0. The molecule has 0 saturated heterocycles. The molecule has 0 nitrogen and oxygen atoms in total. The average molecular weight is 456 g/mol. The van der Waals surface area contributed by atoms with Crippen LogP contribution in [0.2, 0.25) is 0 Å². The Morgan fingerprint density at radius 1 is 0.852 bits per heavy atom. The molecule has 0 unspecified atom stereocenters. The molecule has 0 saturated carbocycles. The van der Waals surface area contributed by atoms with Gasteiger partial charge in [0.1, 0.15) is 0 Å². The fraction of sp³-hybridized carbons (Fsp3) is 0.304. The van der Waals surface area contributed by atoms with Crippen molar-refractivity contribution in [3.05, 3.63) is 92.9 Å². The van der Waals surface area contributed by atoms with E-state index in [0.29, 0.717) is 0 Å². The minimum Gasteiger partial charge on any atom is -1.00 e. The second kappa shape index (κ2) is 12.1. The number of halogens is 3. The predicted molar refractivity (Wildman–Crippen MR) is 98.6 cm³/mol. The number of rotatable bonds is 6. The van der Waals surface area contributed by atoms with E-state index in [1.807, 2.05) is 0 Å². The molecule has 142 valence electrons. The third kappa shape index (κ3) is 5.31. The quantitative estimate of drug-likeness (QED) is 0.417. The Morgan fingerprint density at radius 3 is 1.70 bits per heavy atom. The van der Waals surface area contributed by atoms with Gasteiger partial charge in [-0.2, -0.15) is 0 Å². The van der Waals surface area contributed by atoms with Crippen molar-refractivity contribution in [3.8, 4) is 0 Å². The zero-order chi connectivity index (χ0) is 17.0. The molecule has 27 heavy (non-hydrogen) atoms. The molecule has 0 fully saturated rings. The van der Waals surface area contributed by atoms with Crippen LogP contribution in [0.15, 0.2) is 81.8 Å². The van der Waals surface area contributed by atoms with Crippen LogP contribution in [0, 0.1) is 0 Å². The molecule has 0 heterocycles. The van der Waals surface area contributed by atoms with Gasteiger partial charge in [-0.25, -0.2) is 0 Å². The molecule has 0 spiro atoms. The minimum atomic E-state index is -0.00310. The predicted octanol–water partition coefficient (Wildman–Crippen LogP) is -2.67. The van der Waals surface area contributed by atoms with Gasteiger partial charge in [0.15, 0.2) is 0 Å². The van der Waals surface area contributed by atoms with E-state index in [0.717, 1.165) is 6.42 Å². The van der Waals surface area contributed by atoms with Crippen LogP contribution in [0.25, 0.3) is 0 Å². The van der Waals surface area contributed by atoms with Crippen LogP contribution < -0.4 is 37.2 Å². The number of hydrogen-bond donors (Lipinski definition) is 0. The van der Waals surface area contributed by atoms with E-state index in [1.165, 1.54) is 39.8 Å². The van der Waals surface area contributed by atoms with E-state index < -0.39 is 0 Å². The molecular weight excluding hydrogens is 430 g/mol. The van der Waals surface area contributed by atoms with E-state index in [4.69, 9.17) is 0 Å². The summed E-state index contributed by atoms with van der Waals surface area (Å²) in [4.78, 5) is 0. The van der Waals surface area contributed by atoms with Gasteiger partial charge in [0.2, 0.25) is 0 Å². The first-order chi connectivity index (χ1) is 11.7. The Balaban J connectivity index is 0.00000225. The number of allylic oxidation sites excluding steroid dienone is 4. The van der Waals surface area contributed by atoms with Gasteiger partial charge in [-0.3, -0.25) is 0 Å². The summed E-state index contributed by atoms with van der Waals surface area (Å²) in [5.41, 5.74) is 5.94. The van der Waals surface area contributed by atoms with Gasteiger partial charge in [-0.15, -0.1) is 0 Å². The van der Waals surface area contributed by atoms with E-state index in [1.54, 1.807) is 5.57 Å². The van der Waals surface area contributed by atoms with E-state index in [-0.39, 0.29) is 42.6 Å². The summed E-state index contributed by atoms with van der Waals surface area (Å²) >= 11 is 2.25. The zero-order valence-corrected chi connectivity index (χ0v) is 19.6. The zero-order valence-electron chi connectivity index (χ0n) is 15.8. The number of unbranched alkanes of at least 4 members (excludes halogenated alkanes) is 1. The maximum absolute atomic E-state index is 2.40. The third-order valence-corrected chi connectivity index (χ3v) is 6.22. The average Bonchev–Trinajstić information content (AvgIpc) is 2.97. The van der Waals surface area contributed by atoms with Crippen molar-refractivity contribution in [2.75, 3.05) is 0 Å². The van der Waals surface area contributed by atoms with Crippen LogP contribution >= 0.6 is 0 Å². The molecule has 0 aliphatic heterocycles. The van der Waals surface area contributed by atoms with Crippen LogP contribution in [0.3, 0.4) is 0 Å². The Labute approximate surface area is 194 Å². The molecule has 2 aromatic rings. The first-order valence-corrected chi connectivity index (χ1v) is 9.71. The van der Waals surface area contributed by atoms with Crippen molar-refractivity contribution >= 4 is 0 Å². The molecule has 0 atom stereocenters. The molecule has 0 aromatic heterocycles. The van der Waals surface area contributed by atoms with Gasteiger partial charge in [0, 0.05) is 0 Å². The van der Waals surface area contributed by atoms with Crippen LogP contribution in [-0.4, -0.2) is 0 Å². The van der Waals surface area contributed by atoms with Crippen molar-refractivity contribution in [2.24, 2.45) is 0 Å². The number of benzene rings is 2. The largest absolute Gasteiger partial charge is 1.00 e. The molecule has 0 amide bonds. The topological polar surface area (TPSA) is 0 Å². The Hall–Kier alpha value is -0.496. The van der Waals surface area contributed by atoms with Crippen LogP contribution in [-0.2, 0) is 25.9 Å². The smallest absolute Gasteiger partial charge is 1.00 e. The summed E-state index contributed by atoms with van der Waals surface area (Å²) in [5.74, 6) is 0. The summed E-state index contributed by atoms with van der Waals surface area (Å²) < 4.78 is 1.44. The third-order valence-electron chi connectivity index (χ3n) is 5.32. The number of hydrogen-bond acceptors (Lipinski definition) is 0. The van der Waals surface area contributed by atoms with Crippen LogP contribution in [0.1, 0.15) is 50.7 Å². The van der Waals surface area contributed by atoms with Gasteiger partial charge in [-0.1, -0.05) is 0 Å². The molecule has 0 radical (unpaired) electrons. The van der Waals surface area contributed by atoms with Crippen molar-refractivity contribution in [1.29, 1.82) is 0 Å². The Morgan fingerprint density at radius 2 is 1.33 bits per heavy atom. The van der Waals surface area contributed by atoms with Crippen molar-refractivity contribution < 1.29 is 57.7 Å². The van der Waals surface area contributed by atoms with Crippen LogP contribution in [0.4, 0.5) is 0 Å². The molecule has 1 aliphatic rings. The SMILES string of the molecule is CCCCC(C1=C(C)[C]([Ti+3])=CC1)(c1ccccc1)c1ccccc1.[Cl-].[Cl-].[Cl-]. The van der Waals surface area contributed by atoms with Gasteiger partial charge >= 0.3 is 158 Å². The fourth-order valence-electron chi connectivity index (χ4n) is 4.01. The minimum absolute atomic E-state index is 0. The normalized spacial score (nSPS) is 13.3. The second-order valence-electron chi connectivity index (χ2n) is 6.67. The first-order valence-electron chi connectivity index (χ1n) is 8.93. The van der Waals surface area contributed by atoms with E-state index >= 15 is 0 Å². The summed E-state index contributed by atoms with van der Waals surface area (Å²) in [6.45, 7) is 4.60. The Kier molecular flexibility index (Phi) is 11.9. The molecule has 2 aromatic carbocycles. The van der Waals surface area contributed by atoms with Crippen LogP contribution in [0.5, 0.6) is 0 Å². The molecule has 1 aliphatic carbocycles. The molecule has 3 rings (SSSR count). The molecule has 0 bridgehead atoms. The van der Waals surface area contributed by atoms with Gasteiger partial charge in [0.25, 0.3) is 0 Å². The molecule has 0 N–H and O–H groups in total. The van der Waals surface area contributed by atoms with Gasteiger partial charge < -0.3 is 37.2 Å². The summed E-state index contributed by atoms with van der Waals surface area (Å²) in [6.07, 6.45) is 7.10. The standard InChI is InChI=1S/C23H25.3ClH.Ti/c1-3-4-18-23(20-13-7-5-8-14-20,21-15-9-6-10-16-21)22-17-11-12-19(22)2;;;;/h5-11,13-16H,3-4,17-18H2,1-2H3;3*1H;/q;;;;+3/p-3. The van der Waals surface area contributed by atoms with Crippen molar-refractivity contribution in [2.45, 2.75) is 44.9 Å². The fourth-order valence-corrected chi connectivity index (χ4v) is 4.40.